The van der Waals surface area contributed by atoms with Crippen molar-refractivity contribution < 1.29 is 14.7 Å². The van der Waals surface area contributed by atoms with Crippen LogP contribution in [0.1, 0.15) is 66.5 Å². The lowest BCUT2D eigenvalue weighted by Gasteiger charge is -2.23. The van der Waals surface area contributed by atoms with E-state index < -0.39 is 5.60 Å². The highest BCUT2D eigenvalue weighted by Crippen LogP contribution is 2.40. The molecule has 0 radical (unpaired) electrons. The molecule has 0 unspecified atom stereocenters. The number of rotatable bonds is 5. The number of anilines is 1. The van der Waals surface area contributed by atoms with Crippen LogP contribution in [0.4, 0.5) is 5.69 Å². The molecule has 2 aromatic heterocycles. The quantitative estimate of drug-likeness (QED) is 0.583. The molecule has 0 aliphatic heterocycles. The zero-order chi connectivity index (χ0) is 21.3. The van der Waals surface area contributed by atoms with Gasteiger partial charge in [0.1, 0.15) is 12.0 Å². The van der Waals surface area contributed by atoms with Gasteiger partial charge < -0.3 is 15.2 Å². The second-order valence-corrected chi connectivity index (χ2v) is 9.46. The third-order valence-corrected chi connectivity index (χ3v) is 6.84. The summed E-state index contributed by atoms with van der Waals surface area (Å²) in [6.45, 7) is 3.39. The molecule has 2 heterocycles. The van der Waals surface area contributed by atoms with Gasteiger partial charge in [-0.2, -0.15) is 0 Å². The van der Waals surface area contributed by atoms with Gasteiger partial charge in [-0.3, -0.25) is 9.78 Å². The smallest absolute Gasteiger partial charge is 0.274 e. The topological polar surface area (TPSA) is 92.2 Å². The zero-order valence-electron chi connectivity index (χ0n) is 17.1. The SMILES string of the molecule is CC(C)(O)c1cc2nc([C@H]3CC[C@H](C=O)CC3)sc2cc1NC(=O)c1ccccn1. The van der Waals surface area contributed by atoms with Crippen LogP contribution in [0.5, 0.6) is 0 Å². The van der Waals surface area contributed by atoms with Crippen molar-refractivity contribution in [3.8, 4) is 0 Å². The molecule has 7 heteroatoms. The fourth-order valence-corrected chi connectivity index (χ4v) is 5.12. The largest absolute Gasteiger partial charge is 0.386 e. The van der Waals surface area contributed by atoms with Gasteiger partial charge in [-0.15, -0.1) is 11.3 Å². The fraction of sp³-hybridized carbons (Fsp3) is 0.391. The summed E-state index contributed by atoms with van der Waals surface area (Å²) in [4.78, 5) is 32.6. The molecule has 4 rings (SSSR count). The van der Waals surface area contributed by atoms with Gasteiger partial charge in [0.15, 0.2) is 0 Å². The molecule has 1 aromatic carbocycles. The van der Waals surface area contributed by atoms with E-state index >= 15 is 0 Å². The lowest BCUT2D eigenvalue weighted by molar-refractivity contribution is -0.111. The van der Waals surface area contributed by atoms with Crippen molar-refractivity contribution in [2.45, 2.75) is 51.0 Å². The minimum Gasteiger partial charge on any atom is -0.386 e. The summed E-state index contributed by atoms with van der Waals surface area (Å²) < 4.78 is 0.965. The molecule has 0 saturated heterocycles. The second kappa shape index (κ2) is 8.24. The van der Waals surface area contributed by atoms with E-state index in [9.17, 15) is 14.7 Å². The number of thiazole rings is 1. The van der Waals surface area contributed by atoms with Gasteiger partial charge in [0, 0.05) is 29.3 Å². The first kappa shape index (κ1) is 20.6. The molecule has 1 aliphatic rings. The third-order valence-electron chi connectivity index (χ3n) is 5.66. The number of benzene rings is 1. The third kappa shape index (κ3) is 4.27. The number of carbonyl (C=O) groups excluding carboxylic acids is 2. The van der Waals surface area contributed by atoms with Gasteiger partial charge in [-0.1, -0.05) is 6.07 Å². The van der Waals surface area contributed by atoms with Crippen molar-refractivity contribution >= 4 is 39.4 Å². The highest BCUT2D eigenvalue weighted by Gasteiger charge is 2.27. The summed E-state index contributed by atoms with van der Waals surface area (Å²) in [5.41, 5.74) is 1.16. The number of hydrogen-bond donors (Lipinski definition) is 2. The number of pyridine rings is 1. The number of nitrogens with one attached hydrogen (secondary N) is 1. The van der Waals surface area contributed by atoms with Crippen LogP contribution in [0.25, 0.3) is 10.2 Å². The Morgan fingerprint density at radius 2 is 2.00 bits per heavy atom. The number of aliphatic hydroxyl groups is 1. The fourth-order valence-electron chi connectivity index (χ4n) is 3.96. The Kier molecular flexibility index (Phi) is 5.66. The van der Waals surface area contributed by atoms with Gasteiger partial charge >= 0.3 is 0 Å². The van der Waals surface area contributed by atoms with Crippen LogP contribution in [0, 0.1) is 5.92 Å². The van der Waals surface area contributed by atoms with E-state index in [2.05, 4.69) is 10.3 Å². The van der Waals surface area contributed by atoms with E-state index in [1.807, 2.05) is 12.1 Å². The molecule has 1 fully saturated rings. The average molecular weight is 424 g/mol. The van der Waals surface area contributed by atoms with Gasteiger partial charge in [-0.25, -0.2) is 4.98 Å². The second-order valence-electron chi connectivity index (χ2n) is 8.39. The normalized spacial score (nSPS) is 19.6. The minimum absolute atomic E-state index is 0.172. The maximum atomic E-state index is 12.6. The molecule has 1 saturated carbocycles. The van der Waals surface area contributed by atoms with Crippen LogP contribution in [-0.4, -0.2) is 27.3 Å². The van der Waals surface area contributed by atoms with Crippen LogP contribution in [-0.2, 0) is 10.4 Å². The van der Waals surface area contributed by atoms with Crippen LogP contribution in [0.15, 0.2) is 36.5 Å². The Morgan fingerprint density at radius 3 is 2.63 bits per heavy atom. The molecule has 2 N–H and O–H groups in total. The van der Waals surface area contributed by atoms with Gasteiger partial charge in [0.2, 0.25) is 0 Å². The molecule has 0 bridgehead atoms. The van der Waals surface area contributed by atoms with E-state index in [0.29, 0.717) is 22.9 Å². The number of nitrogens with zero attached hydrogens (tertiary/aromatic N) is 2. The zero-order valence-corrected chi connectivity index (χ0v) is 17.9. The molecule has 6 nitrogen and oxygen atoms in total. The molecule has 3 aromatic rings. The lowest BCUT2D eigenvalue weighted by atomic mass is 9.83. The van der Waals surface area contributed by atoms with Gasteiger partial charge in [0.25, 0.3) is 5.91 Å². The first-order valence-corrected chi connectivity index (χ1v) is 11.0. The molecule has 156 valence electrons. The van der Waals surface area contributed by atoms with Crippen molar-refractivity contribution in [3.05, 3.63) is 52.8 Å². The van der Waals surface area contributed by atoms with Crippen molar-refractivity contribution in [3.63, 3.8) is 0 Å². The standard InChI is InChI=1S/C23H25N3O3S/c1-23(2,29)16-11-19-20(12-18(16)25-21(28)17-5-3-4-10-24-17)30-22(26-19)15-8-6-14(13-27)7-9-15/h3-5,10-15,29H,6-9H2,1-2H3,(H,25,28)/t14-,15-. The Bertz CT molecular complexity index is 1060. The van der Waals surface area contributed by atoms with Gasteiger partial charge in [-0.05, 0) is 63.8 Å². The minimum atomic E-state index is -1.15. The molecular weight excluding hydrogens is 398 g/mol. The maximum absolute atomic E-state index is 12.6. The number of aldehydes is 1. The van der Waals surface area contributed by atoms with E-state index in [1.165, 1.54) is 0 Å². The predicted octanol–water partition coefficient (Wildman–Crippen LogP) is 4.64. The van der Waals surface area contributed by atoms with Crippen LogP contribution < -0.4 is 5.32 Å². The number of hydrogen-bond acceptors (Lipinski definition) is 6. The lowest BCUT2D eigenvalue weighted by Crippen LogP contribution is -2.21. The van der Waals surface area contributed by atoms with Crippen molar-refractivity contribution in [2.75, 3.05) is 5.32 Å². The molecule has 0 spiro atoms. The van der Waals surface area contributed by atoms with Crippen molar-refractivity contribution in [1.29, 1.82) is 0 Å². The summed E-state index contributed by atoms with van der Waals surface area (Å²) in [5, 5.41) is 14.7. The number of aromatic nitrogens is 2. The van der Waals surface area contributed by atoms with E-state index in [4.69, 9.17) is 4.98 Å². The van der Waals surface area contributed by atoms with Gasteiger partial charge in [0.05, 0.1) is 20.8 Å². The number of amides is 1. The highest BCUT2D eigenvalue weighted by atomic mass is 32.1. The Balaban J connectivity index is 1.67. The van der Waals surface area contributed by atoms with Crippen LogP contribution in [0.2, 0.25) is 0 Å². The summed E-state index contributed by atoms with van der Waals surface area (Å²) >= 11 is 1.62. The monoisotopic (exact) mass is 423 g/mol. The molecule has 30 heavy (non-hydrogen) atoms. The number of carbonyl (C=O) groups is 2. The van der Waals surface area contributed by atoms with Crippen LogP contribution in [0.3, 0.4) is 0 Å². The van der Waals surface area contributed by atoms with Crippen molar-refractivity contribution in [2.24, 2.45) is 5.92 Å². The van der Waals surface area contributed by atoms with E-state index in [-0.39, 0.29) is 11.8 Å². The summed E-state index contributed by atoms with van der Waals surface area (Å²) in [7, 11) is 0. The average Bonchev–Trinajstić information content (AvgIpc) is 3.16. The molecule has 1 aliphatic carbocycles. The summed E-state index contributed by atoms with van der Waals surface area (Å²) in [6, 6.07) is 8.92. The predicted molar refractivity (Wildman–Crippen MR) is 118 cm³/mol. The van der Waals surface area contributed by atoms with E-state index in [1.54, 1.807) is 49.6 Å². The molecular formula is C23H25N3O3S. The Morgan fingerprint density at radius 1 is 1.23 bits per heavy atom. The molecule has 1 amide bonds. The summed E-state index contributed by atoms with van der Waals surface area (Å²) in [5.74, 6) is 0.207. The highest BCUT2D eigenvalue weighted by molar-refractivity contribution is 7.18. The first-order chi connectivity index (χ1) is 14.3. The van der Waals surface area contributed by atoms with Crippen LogP contribution >= 0.6 is 11.3 Å². The maximum Gasteiger partial charge on any atom is 0.274 e. The number of fused-ring (bicyclic) bond motifs is 1. The first-order valence-electron chi connectivity index (χ1n) is 10.2. The Hall–Kier alpha value is -2.64. The Labute approximate surface area is 179 Å². The summed E-state index contributed by atoms with van der Waals surface area (Å²) in [6.07, 6.45) is 6.38. The van der Waals surface area contributed by atoms with Crippen molar-refractivity contribution in [1.82, 2.24) is 9.97 Å². The van der Waals surface area contributed by atoms with E-state index in [0.717, 1.165) is 47.2 Å². The molecule has 0 atom stereocenters.